The molecular formula is C16H22O4. The van der Waals surface area contributed by atoms with Gasteiger partial charge in [-0.05, 0) is 24.1 Å². The summed E-state index contributed by atoms with van der Waals surface area (Å²) in [7, 11) is 3.24. The Kier molecular flexibility index (Phi) is 5.62. The maximum atomic E-state index is 10.5. The Balaban J connectivity index is 2.92. The Morgan fingerprint density at radius 1 is 1.20 bits per heavy atom. The lowest BCUT2D eigenvalue weighted by atomic mass is 9.84. The highest BCUT2D eigenvalue weighted by Crippen LogP contribution is 2.32. The molecule has 0 heterocycles. The van der Waals surface area contributed by atoms with Gasteiger partial charge in [0.25, 0.3) is 0 Å². The van der Waals surface area contributed by atoms with Crippen LogP contribution in [0.3, 0.4) is 0 Å². The molecule has 0 spiro atoms. The SMILES string of the molecule is COc1cc(OC)cc(C(C)(C)/C=C\CCC(=O)O)c1. The van der Waals surface area contributed by atoms with E-state index >= 15 is 0 Å². The molecule has 1 aromatic carbocycles. The Hall–Kier alpha value is -1.97. The molecule has 0 aliphatic carbocycles. The number of carboxylic acid groups (broad SMARTS) is 1. The minimum atomic E-state index is -0.782. The van der Waals surface area contributed by atoms with Crippen molar-refractivity contribution in [3.63, 3.8) is 0 Å². The predicted octanol–water partition coefficient (Wildman–Crippen LogP) is 3.40. The molecule has 4 heteroatoms. The number of carboxylic acids is 1. The molecule has 0 fully saturated rings. The van der Waals surface area contributed by atoms with E-state index in [0.717, 1.165) is 17.1 Å². The van der Waals surface area contributed by atoms with E-state index in [4.69, 9.17) is 14.6 Å². The van der Waals surface area contributed by atoms with Crippen LogP contribution in [-0.4, -0.2) is 25.3 Å². The molecule has 0 saturated carbocycles. The van der Waals surface area contributed by atoms with Gasteiger partial charge in [-0.15, -0.1) is 0 Å². The molecule has 20 heavy (non-hydrogen) atoms. The highest BCUT2D eigenvalue weighted by atomic mass is 16.5. The van der Waals surface area contributed by atoms with Gasteiger partial charge in [-0.1, -0.05) is 26.0 Å². The fourth-order valence-electron chi connectivity index (χ4n) is 1.86. The molecule has 110 valence electrons. The first kappa shape index (κ1) is 16.1. The molecule has 0 bridgehead atoms. The van der Waals surface area contributed by atoms with Crippen LogP contribution in [0.5, 0.6) is 11.5 Å². The summed E-state index contributed by atoms with van der Waals surface area (Å²) in [6.07, 6.45) is 4.60. The van der Waals surface area contributed by atoms with E-state index < -0.39 is 5.97 Å². The summed E-state index contributed by atoms with van der Waals surface area (Å²) in [5.41, 5.74) is 0.834. The summed E-state index contributed by atoms with van der Waals surface area (Å²) in [4.78, 5) is 10.5. The number of ether oxygens (including phenoxy) is 2. The van der Waals surface area contributed by atoms with Crippen molar-refractivity contribution in [1.82, 2.24) is 0 Å². The van der Waals surface area contributed by atoms with E-state index in [2.05, 4.69) is 13.8 Å². The van der Waals surface area contributed by atoms with Crippen LogP contribution in [0, 0.1) is 0 Å². The maximum Gasteiger partial charge on any atom is 0.303 e. The van der Waals surface area contributed by atoms with Crippen LogP contribution in [0.2, 0.25) is 0 Å². The average molecular weight is 278 g/mol. The number of aliphatic carboxylic acids is 1. The number of hydrogen-bond acceptors (Lipinski definition) is 3. The first-order valence-corrected chi connectivity index (χ1v) is 6.52. The number of carbonyl (C=O) groups is 1. The van der Waals surface area contributed by atoms with Crippen LogP contribution in [0.15, 0.2) is 30.4 Å². The highest BCUT2D eigenvalue weighted by Gasteiger charge is 2.18. The Morgan fingerprint density at radius 2 is 1.75 bits per heavy atom. The van der Waals surface area contributed by atoms with Crippen molar-refractivity contribution in [2.75, 3.05) is 14.2 Å². The third kappa shape index (κ3) is 4.61. The highest BCUT2D eigenvalue weighted by molar-refractivity contribution is 5.66. The lowest BCUT2D eigenvalue weighted by Crippen LogP contribution is -2.13. The van der Waals surface area contributed by atoms with E-state index in [1.165, 1.54) is 0 Å². The second kappa shape index (κ2) is 6.98. The third-order valence-electron chi connectivity index (χ3n) is 3.15. The molecular weight excluding hydrogens is 256 g/mol. The minimum absolute atomic E-state index is 0.147. The van der Waals surface area contributed by atoms with Crippen LogP contribution >= 0.6 is 0 Å². The second-order valence-electron chi connectivity index (χ2n) is 5.16. The smallest absolute Gasteiger partial charge is 0.303 e. The lowest BCUT2D eigenvalue weighted by molar-refractivity contribution is -0.136. The summed E-state index contributed by atoms with van der Waals surface area (Å²) in [6.45, 7) is 4.14. The van der Waals surface area contributed by atoms with Gasteiger partial charge < -0.3 is 14.6 Å². The number of benzene rings is 1. The Labute approximate surface area is 120 Å². The summed E-state index contributed by atoms with van der Waals surface area (Å²) >= 11 is 0. The summed E-state index contributed by atoms with van der Waals surface area (Å²) < 4.78 is 10.5. The molecule has 0 amide bonds. The van der Waals surface area contributed by atoms with E-state index in [-0.39, 0.29) is 11.8 Å². The van der Waals surface area contributed by atoms with Crippen LogP contribution in [0.25, 0.3) is 0 Å². The molecule has 0 atom stereocenters. The van der Waals surface area contributed by atoms with Gasteiger partial charge >= 0.3 is 5.97 Å². The van der Waals surface area contributed by atoms with Gasteiger partial charge in [0.15, 0.2) is 0 Å². The summed E-state index contributed by atoms with van der Waals surface area (Å²) in [5, 5.41) is 8.63. The van der Waals surface area contributed by atoms with E-state index in [1.807, 2.05) is 30.4 Å². The zero-order chi connectivity index (χ0) is 15.2. The number of hydrogen-bond donors (Lipinski definition) is 1. The molecule has 0 radical (unpaired) electrons. The van der Waals surface area contributed by atoms with Crippen molar-refractivity contribution in [3.05, 3.63) is 35.9 Å². The normalized spacial score (nSPS) is 11.6. The molecule has 0 aromatic heterocycles. The number of rotatable bonds is 7. The van der Waals surface area contributed by atoms with E-state index in [9.17, 15) is 4.79 Å². The monoisotopic (exact) mass is 278 g/mol. The quantitative estimate of drug-likeness (QED) is 0.777. The van der Waals surface area contributed by atoms with E-state index in [1.54, 1.807) is 14.2 Å². The zero-order valence-electron chi connectivity index (χ0n) is 12.5. The third-order valence-corrected chi connectivity index (χ3v) is 3.15. The van der Waals surface area contributed by atoms with Crippen LogP contribution < -0.4 is 9.47 Å². The average Bonchev–Trinajstić information content (AvgIpc) is 2.42. The molecule has 4 nitrogen and oxygen atoms in total. The van der Waals surface area contributed by atoms with Crippen LogP contribution in [0.1, 0.15) is 32.3 Å². The molecule has 0 unspecified atom stereocenters. The standard InChI is InChI=1S/C16H22O4/c1-16(2,8-6-5-7-15(17)18)12-9-13(19-3)11-14(10-12)20-4/h6,8-11H,5,7H2,1-4H3,(H,17,18)/b8-6-. The van der Waals surface area contributed by atoms with Crippen molar-refractivity contribution in [3.8, 4) is 11.5 Å². The first-order valence-electron chi connectivity index (χ1n) is 6.52. The lowest BCUT2D eigenvalue weighted by Gasteiger charge is -2.22. The van der Waals surface area contributed by atoms with Gasteiger partial charge in [0, 0.05) is 17.9 Å². The van der Waals surface area contributed by atoms with Crippen molar-refractivity contribution in [2.24, 2.45) is 0 Å². The van der Waals surface area contributed by atoms with Crippen LogP contribution in [-0.2, 0) is 10.2 Å². The molecule has 0 aliphatic heterocycles. The molecule has 0 saturated heterocycles. The van der Waals surface area contributed by atoms with Gasteiger partial charge in [0.2, 0.25) is 0 Å². The van der Waals surface area contributed by atoms with Gasteiger partial charge in [0.05, 0.1) is 14.2 Å². The van der Waals surface area contributed by atoms with Crippen molar-refractivity contribution >= 4 is 5.97 Å². The van der Waals surface area contributed by atoms with Crippen molar-refractivity contribution < 1.29 is 19.4 Å². The molecule has 0 aliphatic rings. The number of methoxy groups -OCH3 is 2. The predicted molar refractivity (Wildman–Crippen MR) is 78.6 cm³/mol. The van der Waals surface area contributed by atoms with Crippen molar-refractivity contribution in [1.29, 1.82) is 0 Å². The second-order valence-corrected chi connectivity index (χ2v) is 5.16. The minimum Gasteiger partial charge on any atom is -0.497 e. The molecule has 1 rings (SSSR count). The first-order chi connectivity index (χ1) is 9.39. The molecule has 1 N–H and O–H groups in total. The largest absolute Gasteiger partial charge is 0.497 e. The Bertz CT molecular complexity index is 467. The van der Waals surface area contributed by atoms with Gasteiger partial charge in [0.1, 0.15) is 11.5 Å². The molecule has 1 aromatic rings. The van der Waals surface area contributed by atoms with Gasteiger partial charge in [-0.2, -0.15) is 0 Å². The fraction of sp³-hybridized carbons (Fsp3) is 0.438. The van der Waals surface area contributed by atoms with Crippen molar-refractivity contribution in [2.45, 2.75) is 32.1 Å². The number of allylic oxidation sites excluding steroid dienone is 2. The summed E-state index contributed by atoms with van der Waals surface area (Å²) in [6, 6.07) is 5.75. The maximum absolute atomic E-state index is 10.5. The fourth-order valence-corrected chi connectivity index (χ4v) is 1.86. The van der Waals surface area contributed by atoms with E-state index in [0.29, 0.717) is 6.42 Å². The summed E-state index contributed by atoms with van der Waals surface area (Å²) in [5.74, 6) is 0.702. The van der Waals surface area contributed by atoms with Gasteiger partial charge in [-0.3, -0.25) is 4.79 Å². The Morgan fingerprint density at radius 3 is 2.20 bits per heavy atom. The van der Waals surface area contributed by atoms with Gasteiger partial charge in [-0.25, -0.2) is 0 Å². The zero-order valence-corrected chi connectivity index (χ0v) is 12.5. The van der Waals surface area contributed by atoms with Crippen LogP contribution in [0.4, 0.5) is 0 Å². The topological polar surface area (TPSA) is 55.8 Å².